The maximum Gasteiger partial charge on any atom is 0.328 e. The number of methoxy groups -OCH3 is 1. The highest BCUT2D eigenvalue weighted by molar-refractivity contribution is 5.83. The predicted octanol–water partition coefficient (Wildman–Crippen LogP) is 3.08. The van der Waals surface area contributed by atoms with Crippen molar-refractivity contribution >= 4 is 17.8 Å². The summed E-state index contributed by atoms with van der Waals surface area (Å²) in [5.41, 5.74) is 2.89. The number of rotatable bonds is 7. The van der Waals surface area contributed by atoms with Crippen LogP contribution >= 0.6 is 0 Å². The Morgan fingerprint density at radius 1 is 1.00 bits per heavy atom. The molecular weight excluding hydrogens is 334 g/mol. The summed E-state index contributed by atoms with van der Waals surface area (Å²) in [5.74, 6) is -0.362. The maximum absolute atomic E-state index is 12.1. The average molecular weight is 363 g/mol. The van der Waals surface area contributed by atoms with Crippen molar-refractivity contribution < 1.29 is 23.9 Å². The van der Waals surface area contributed by atoms with E-state index in [9.17, 15) is 14.4 Å². The van der Waals surface area contributed by atoms with E-state index in [2.05, 4.69) is 5.32 Å². The summed E-state index contributed by atoms with van der Waals surface area (Å²) in [7, 11) is 1.30. The molecule has 144 valence electrons. The van der Waals surface area contributed by atoms with Crippen LogP contribution in [-0.2, 0) is 25.5 Å². The lowest BCUT2D eigenvalue weighted by molar-refractivity contribution is -0.144. The van der Waals surface area contributed by atoms with Crippen molar-refractivity contribution in [3.8, 4) is 5.75 Å². The first-order chi connectivity index (χ1) is 12.1. The minimum atomic E-state index is -0.769. The minimum absolute atomic E-state index is 0.124. The Hall–Kier alpha value is -2.37. The molecule has 0 aliphatic carbocycles. The molecule has 0 bridgehead atoms. The fourth-order valence-corrected chi connectivity index (χ4v) is 3.16. The van der Waals surface area contributed by atoms with Gasteiger partial charge in [-0.3, -0.25) is 9.59 Å². The molecule has 1 rings (SSSR count). The molecule has 0 unspecified atom stereocenters. The van der Waals surface area contributed by atoms with E-state index in [-0.39, 0.29) is 23.7 Å². The molecule has 0 aliphatic heterocycles. The van der Waals surface area contributed by atoms with Crippen LogP contribution < -0.4 is 10.1 Å². The van der Waals surface area contributed by atoms with Gasteiger partial charge in [-0.15, -0.1) is 0 Å². The lowest BCUT2D eigenvalue weighted by Gasteiger charge is -2.25. The smallest absolute Gasteiger partial charge is 0.328 e. The molecule has 0 saturated heterocycles. The number of carbonyl (C=O) groups excluding carboxylic acids is 3. The summed E-state index contributed by atoms with van der Waals surface area (Å²) in [5, 5.41) is 2.64. The van der Waals surface area contributed by atoms with Crippen molar-refractivity contribution in [2.45, 2.75) is 65.8 Å². The molecule has 0 saturated carbocycles. The van der Waals surface area contributed by atoms with Crippen LogP contribution in [0.15, 0.2) is 12.1 Å². The Morgan fingerprint density at radius 3 is 2.00 bits per heavy atom. The van der Waals surface area contributed by atoms with Gasteiger partial charge in [-0.05, 0) is 29.0 Å². The highest BCUT2D eigenvalue weighted by Crippen LogP contribution is 2.37. The fraction of sp³-hybridized carbons (Fsp3) is 0.550. The van der Waals surface area contributed by atoms with Crippen LogP contribution in [0.3, 0.4) is 0 Å². The van der Waals surface area contributed by atoms with Crippen molar-refractivity contribution in [2.24, 2.45) is 0 Å². The lowest BCUT2D eigenvalue weighted by Crippen LogP contribution is -2.42. The van der Waals surface area contributed by atoms with Crippen molar-refractivity contribution in [3.63, 3.8) is 0 Å². The summed E-state index contributed by atoms with van der Waals surface area (Å²) < 4.78 is 10.2. The molecule has 1 amide bonds. The second-order valence-corrected chi connectivity index (χ2v) is 6.93. The molecule has 0 heterocycles. The van der Waals surface area contributed by atoms with E-state index >= 15 is 0 Å². The third-order valence-electron chi connectivity index (χ3n) is 4.03. The van der Waals surface area contributed by atoms with E-state index in [1.54, 1.807) is 6.07 Å². The van der Waals surface area contributed by atoms with Gasteiger partial charge < -0.3 is 14.8 Å². The maximum atomic E-state index is 12.1. The standard InChI is InChI=1S/C20H29NO5/c1-11(2)18-15(10-16(20(24)25-7)21-13(5)22)8-9-17(26-14(6)23)19(18)12(3)4/h8-9,11-12,16H,10H2,1-7H3,(H,21,22)/t16-/m0/s1. The molecule has 26 heavy (non-hydrogen) atoms. The Morgan fingerprint density at radius 2 is 1.58 bits per heavy atom. The van der Waals surface area contributed by atoms with Crippen molar-refractivity contribution in [1.29, 1.82) is 0 Å². The molecule has 0 fully saturated rings. The number of esters is 2. The van der Waals surface area contributed by atoms with E-state index < -0.39 is 12.0 Å². The zero-order chi connectivity index (χ0) is 20.0. The molecule has 6 heteroatoms. The SMILES string of the molecule is COC(=O)[C@H](Cc1ccc(OC(C)=O)c(C(C)C)c1C(C)C)NC(C)=O. The summed E-state index contributed by atoms with van der Waals surface area (Å²) >= 11 is 0. The molecule has 6 nitrogen and oxygen atoms in total. The van der Waals surface area contributed by atoms with Gasteiger partial charge in [-0.2, -0.15) is 0 Å². The molecule has 1 N–H and O–H groups in total. The van der Waals surface area contributed by atoms with Gasteiger partial charge in [0.2, 0.25) is 5.91 Å². The molecule has 1 atom stereocenters. The second kappa shape index (κ2) is 9.36. The highest BCUT2D eigenvalue weighted by Gasteiger charge is 2.26. The van der Waals surface area contributed by atoms with Gasteiger partial charge in [0.1, 0.15) is 11.8 Å². The Kier molecular flexibility index (Phi) is 7.80. The van der Waals surface area contributed by atoms with Gasteiger partial charge in [0, 0.05) is 25.8 Å². The van der Waals surface area contributed by atoms with E-state index in [1.165, 1.54) is 21.0 Å². The molecule has 0 aliphatic rings. The first kappa shape index (κ1) is 21.7. The Bertz CT molecular complexity index is 679. The zero-order valence-corrected chi connectivity index (χ0v) is 16.6. The normalized spacial score (nSPS) is 12.0. The molecular formula is C20H29NO5. The van der Waals surface area contributed by atoms with Gasteiger partial charge in [0.05, 0.1) is 7.11 Å². The van der Waals surface area contributed by atoms with Crippen molar-refractivity contribution in [1.82, 2.24) is 5.32 Å². The van der Waals surface area contributed by atoms with Crippen LogP contribution in [-0.4, -0.2) is 31.0 Å². The first-order valence-corrected chi connectivity index (χ1v) is 8.77. The topological polar surface area (TPSA) is 81.7 Å². The van der Waals surface area contributed by atoms with E-state index in [1.807, 2.05) is 33.8 Å². The Labute approximate surface area is 155 Å². The zero-order valence-electron chi connectivity index (χ0n) is 16.6. The quantitative estimate of drug-likeness (QED) is 0.595. The van der Waals surface area contributed by atoms with Gasteiger partial charge >= 0.3 is 11.9 Å². The average Bonchev–Trinajstić information content (AvgIpc) is 2.52. The predicted molar refractivity (Wildman–Crippen MR) is 99.3 cm³/mol. The van der Waals surface area contributed by atoms with Crippen LogP contribution in [0.4, 0.5) is 0 Å². The third kappa shape index (κ3) is 5.58. The van der Waals surface area contributed by atoms with E-state index in [4.69, 9.17) is 9.47 Å². The third-order valence-corrected chi connectivity index (χ3v) is 4.03. The molecule has 0 aromatic heterocycles. The lowest BCUT2D eigenvalue weighted by atomic mass is 9.84. The number of carbonyl (C=O) groups is 3. The van der Waals surface area contributed by atoms with Crippen molar-refractivity contribution in [2.75, 3.05) is 7.11 Å². The van der Waals surface area contributed by atoms with Crippen molar-refractivity contribution in [3.05, 3.63) is 28.8 Å². The summed E-state index contributed by atoms with van der Waals surface area (Å²) in [4.78, 5) is 35.0. The minimum Gasteiger partial charge on any atom is -0.467 e. The molecule has 1 aromatic rings. The summed E-state index contributed by atoms with van der Waals surface area (Å²) in [6.07, 6.45) is 0.305. The molecule has 1 aromatic carbocycles. The van der Waals surface area contributed by atoms with Gasteiger partial charge in [0.15, 0.2) is 0 Å². The van der Waals surface area contributed by atoms with Crippen LogP contribution in [0.2, 0.25) is 0 Å². The monoisotopic (exact) mass is 363 g/mol. The summed E-state index contributed by atoms with van der Waals surface area (Å²) in [6, 6.07) is 2.83. The largest absolute Gasteiger partial charge is 0.467 e. The van der Waals surface area contributed by atoms with E-state index in [0.717, 1.165) is 16.7 Å². The summed E-state index contributed by atoms with van der Waals surface area (Å²) in [6.45, 7) is 10.9. The van der Waals surface area contributed by atoms with Gasteiger partial charge in [-0.25, -0.2) is 4.79 Å². The van der Waals surface area contributed by atoms with Crippen LogP contribution in [0.1, 0.15) is 70.1 Å². The van der Waals surface area contributed by atoms with Gasteiger partial charge in [-0.1, -0.05) is 33.8 Å². The number of hydrogen-bond donors (Lipinski definition) is 1. The van der Waals surface area contributed by atoms with Crippen LogP contribution in [0, 0.1) is 0 Å². The van der Waals surface area contributed by atoms with Crippen LogP contribution in [0.5, 0.6) is 5.75 Å². The first-order valence-electron chi connectivity index (χ1n) is 8.77. The number of amides is 1. The number of nitrogens with one attached hydrogen (secondary N) is 1. The number of ether oxygens (including phenoxy) is 2. The highest BCUT2D eigenvalue weighted by atomic mass is 16.5. The molecule has 0 radical (unpaired) electrons. The second-order valence-electron chi connectivity index (χ2n) is 6.93. The van der Waals surface area contributed by atoms with E-state index in [0.29, 0.717) is 12.2 Å². The number of benzene rings is 1. The Balaban J connectivity index is 3.45. The fourth-order valence-electron chi connectivity index (χ4n) is 3.16. The van der Waals surface area contributed by atoms with Gasteiger partial charge in [0.25, 0.3) is 0 Å². The number of hydrogen-bond acceptors (Lipinski definition) is 5. The molecule has 0 spiro atoms. The van der Waals surface area contributed by atoms with Crippen LogP contribution in [0.25, 0.3) is 0 Å².